The van der Waals surface area contributed by atoms with Crippen molar-refractivity contribution < 1.29 is 15.0 Å². The Balaban J connectivity index is 1.33. The van der Waals surface area contributed by atoms with Crippen LogP contribution in [0.15, 0.2) is 78.9 Å². The number of benzene rings is 3. The molecule has 2 atom stereocenters. The molecule has 0 fully saturated rings. The van der Waals surface area contributed by atoms with Crippen molar-refractivity contribution in [2.24, 2.45) is 0 Å². The number of H-pyrrole nitrogens is 1. The number of aromatic amines is 1. The van der Waals surface area contributed by atoms with Gasteiger partial charge in [-0.15, -0.1) is 10.2 Å². The van der Waals surface area contributed by atoms with Gasteiger partial charge in [-0.1, -0.05) is 78.3 Å². The van der Waals surface area contributed by atoms with E-state index in [0.29, 0.717) is 23.0 Å². The maximum Gasteiger partial charge on any atom is 0.304 e. The number of carboxylic acids is 1. The molecule has 0 saturated heterocycles. The van der Waals surface area contributed by atoms with E-state index in [2.05, 4.69) is 31.7 Å². The summed E-state index contributed by atoms with van der Waals surface area (Å²) in [5.74, 6) is 0.0769. The number of aliphatic hydroxyl groups excluding tert-OH is 1. The first-order valence-corrected chi connectivity index (χ1v) is 14.1. The second-order valence-corrected chi connectivity index (χ2v) is 10.9. The minimum Gasteiger partial charge on any atom is -0.481 e. The minimum absolute atomic E-state index is 0.0495. The van der Waals surface area contributed by atoms with Crippen LogP contribution in [0.5, 0.6) is 0 Å². The van der Waals surface area contributed by atoms with Gasteiger partial charge in [0.1, 0.15) is 0 Å². The standard InChI is InChI=1S/C30H26ClN5O3S/c31-24-11-9-20-10-13-25(32-26(20)17-24)12-4-19-2-1-3-23(16-19)28(40-15-14-29(38)39)18-27(37)21-5-7-22(8-6-21)30-33-35-36-34-30/h1-13,16-17,27-28,37H,14-15,18H2,(H,38,39)(H,33,34,35,36)/b12-4+. The van der Waals surface area contributed by atoms with Gasteiger partial charge in [-0.25, -0.2) is 4.98 Å². The second kappa shape index (κ2) is 12.9. The normalized spacial score (nSPS) is 13.1. The number of aliphatic carboxylic acids is 1. The lowest BCUT2D eigenvalue weighted by molar-refractivity contribution is -0.136. The lowest BCUT2D eigenvalue weighted by Crippen LogP contribution is -2.06. The summed E-state index contributed by atoms with van der Waals surface area (Å²) in [4.78, 5) is 15.8. The minimum atomic E-state index is -0.843. The molecule has 0 aliphatic carbocycles. The molecule has 2 heterocycles. The zero-order valence-corrected chi connectivity index (χ0v) is 22.9. The zero-order chi connectivity index (χ0) is 27.9. The van der Waals surface area contributed by atoms with Gasteiger partial charge in [-0.2, -0.15) is 17.0 Å². The molecule has 0 amide bonds. The number of halogens is 1. The topological polar surface area (TPSA) is 125 Å². The summed E-state index contributed by atoms with van der Waals surface area (Å²) in [6, 6.07) is 25.0. The van der Waals surface area contributed by atoms with Crippen LogP contribution in [0.1, 0.15) is 46.6 Å². The maximum atomic E-state index is 11.2. The maximum absolute atomic E-state index is 11.2. The number of rotatable bonds is 11. The zero-order valence-electron chi connectivity index (χ0n) is 21.3. The number of thioether (sulfide) groups is 1. The molecule has 5 rings (SSSR count). The third-order valence-electron chi connectivity index (χ3n) is 6.38. The molecule has 0 aliphatic heterocycles. The monoisotopic (exact) mass is 571 g/mol. The molecule has 0 spiro atoms. The van der Waals surface area contributed by atoms with Crippen molar-refractivity contribution in [3.05, 3.63) is 106 Å². The van der Waals surface area contributed by atoms with Crippen molar-refractivity contribution >= 4 is 52.4 Å². The molecule has 0 saturated carbocycles. The van der Waals surface area contributed by atoms with E-state index in [4.69, 9.17) is 16.7 Å². The van der Waals surface area contributed by atoms with Gasteiger partial charge in [0.05, 0.1) is 23.7 Å². The second-order valence-electron chi connectivity index (χ2n) is 9.19. The largest absolute Gasteiger partial charge is 0.481 e. The summed E-state index contributed by atoms with van der Waals surface area (Å²) in [5.41, 5.74) is 5.19. The fourth-order valence-corrected chi connectivity index (χ4v) is 5.71. The van der Waals surface area contributed by atoms with Gasteiger partial charge in [-0.05, 0) is 52.6 Å². The van der Waals surface area contributed by atoms with Crippen molar-refractivity contribution in [3.63, 3.8) is 0 Å². The van der Waals surface area contributed by atoms with Gasteiger partial charge in [-0.3, -0.25) is 4.79 Å². The summed E-state index contributed by atoms with van der Waals surface area (Å²) >= 11 is 7.66. The SMILES string of the molecule is O=C(O)CCSC(CC(O)c1ccc(-c2nn[nH]n2)cc1)c1cccc(/C=C/c2ccc3ccc(Cl)cc3n2)c1. The summed E-state index contributed by atoms with van der Waals surface area (Å²) in [5, 5.41) is 35.8. The highest BCUT2D eigenvalue weighted by Crippen LogP contribution is 2.38. The predicted molar refractivity (Wildman–Crippen MR) is 159 cm³/mol. The molecule has 2 unspecified atom stereocenters. The van der Waals surface area contributed by atoms with E-state index in [-0.39, 0.29) is 11.7 Å². The van der Waals surface area contributed by atoms with Crippen LogP contribution in [-0.2, 0) is 4.79 Å². The Labute approximate surface area is 240 Å². The first-order valence-electron chi connectivity index (χ1n) is 12.6. The van der Waals surface area contributed by atoms with E-state index in [1.807, 2.05) is 84.9 Å². The number of carboxylic acid groups (broad SMARTS) is 1. The third-order valence-corrected chi connectivity index (χ3v) is 7.92. The van der Waals surface area contributed by atoms with Crippen LogP contribution in [0.25, 0.3) is 34.4 Å². The van der Waals surface area contributed by atoms with Crippen LogP contribution < -0.4 is 0 Å². The van der Waals surface area contributed by atoms with Crippen molar-refractivity contribution in [2.75, 3.05) is 5.75 Å². The Morgan fingerprint density at radius 3 is 2.60 bits per heavy atom. The fraction of sp³-hybridized carbons (Fsp3) is 0.167. The molecule has 202 valence electrons. The molecule has 2 aromatic heterocycles. The van der Waals surface area contributed by atoms with Crippen molar-refractivity contribution in [1.29, 1.82) is 0 Å². The van der Waals surface area contributed by atoms with Gasteiger partial charge < -0.3 is 10.2 Å². The van der Waals surface area contributed by atoms with Gasteiger partial charge in [0.25, 0.3) is 0 Å². The lowest BCUT2D eigenvalue weighted by Gasteiger charge is -2.21. The van der Waals surface area contributed by atoms with E-state index in [0.717, 1.165) is 38.9 Å². The number of tetrazole rings is 1. The van der Waals surface area contributed by atoms with Crippen LogP contribution in [0.3, 0.4) is 0 Å². The third kappa shape index (κ3) is 7.12. The van der Waals surface area contributed by atoms with E-state index in [1.54, 1.807) is 0 Å². The van der Waals surface area contributed by atoms with E-state index in [9.17, 15) is 9.90 Å². The molecule has 0 radical (unpaired) electrons. The molecule has 0 bridgehead atoms. The molecule has 8 nitrogen and oxygen atoms in total. The van der Waals surface area contributed by atoms with E-state index < -0.39 is 12.1 Å². The Bertz CT molecular complexity index is 1630. The molecule has 40 heavy (non-hydrogen) atoms. The molecule has 3 aromatic carbocycles. The highest BCUT2D eigenvalue weighted by atomic mass is 35.5. The van der Waals surface area contributed by atoms with Crippen LogP contribution in [0.4, 0.5) is 0 Å². The van der Waals surface area contributed by atoms with Gasteiger partial charge in [0.15, 0.2) is 0 Å². The first kappa shape index (κ1) is 27.5. The number of nitrogens with zero attached hydrogens (tertiary/aromatic N) is 4. The Kier molecular flexibility index (Phi) is 8.85. The molecule has 10 heteroatoms. The Morgan fingerprint density at radius 2 is 1.82 bits per heavy atom. The average Bonchev–Trinajstić information content (AvgIpc) is 3.50. The summed E-state index contributed by atoms with van der Waals surface area (Å²) in [7, 11) is 0. The highest BCUT2D eigenvalue weighted by Gasteiger charge is 2.20. The van der Waals surface area contributed by atoms with Crippen molar-refractivity contribution in [3.8, 4) is 11.4 Å². The number of fused-ring (bicyclic) bond motifs is 1. The number of hydrogen-bond acceptors (Lipinski definition) is 7. The predicted octanol–water partition coefficient (Wildman–Crippen LogP) is 6.61. The molecule has 0 aliphatic rings. The number of aliphatic hydroxyl groups is 1. The number of hydrogen-bond donors (Lipinski definition) is 3. The van der Waals surface area contributed by atoms with Crippen LogP contribution in [0, 0.1) is 0 Å². The van der Waals surface area contributed by atoms with Gasteiger partial charge >= 0.3 is 5.97 Å². The summed E-state index contributed by atoms with van der Waals surface area (Å²) < 4.78 is 0. The summed E-state index contributed by atoms with van der Waals surface area (Å²) in [6.07, 6.45) is 3.68. The quantitative estimate of drug-likeness (QED) is 0.162. The number of carbonyl (C=O) groups is 1. The number of nitrogens with one attached hydrogen (secondary N) is 1. The number of aromatic nitrogens is 5. The molecular weight excluding hydrogens is 546 g/mol. The van der Waals surface area contributed by atoms with Crippen molar-refractivity contribution in [2.45, 2.75) is 24.2 Å². The molecule has 3 N–H and O–H groups in total. The fourth-order valence-electron chi connectivity index (χ4n) is 4.31. The van der Waals surface area contributed by atoms with Crippen LogP contribution in [-0.4, -0.2) is 47.5 Å². The van der Waals surface area contributed by atoms with Gasteiger partial charge in [0.2, 0.25) is 5.82 Å². The van der Waals surface area contributed by atoms with Gasteiger partial charge in [0, 0.05) is 27.0 Å². The van der Waals surface area contributed by atoms with Crippen molar-refractivity contribution in [1.82, 2.24) is 25.6 Å². The number of pyridine rings is 1. The smallest absolute Gasteiger partial charge is 0.304 e. The Hall–Kier alpha value is -4.05. The molecular formula is C30H26ClN5O3S. The highest BCUT2D eigenvalue weighted by molar-refractivity contribution is 7.99. The Morgan fingerprint density at radius 1 is 1.00 bits per heavy atom. The van der Waals surface area contributed by atoms with Crippen LogP contribution in [0.2, 0.25) is 5.02 Å². The lowest BCUT2D eigenvalue weighted by atomic mass is 9.98. The molecule has 5 aromatic rings. The van der Waals surface area contributed by atoms with E-state index in [1.165, 1.54) is 11.8 Å². The van der Waals surface area contributed by atoms with E-state index >= 15 is 0 Å². The van der Waals surface area contributed by atoms with Crippen LogP contribution >= 0.6 is 23.4 Å². The first-order chi connectivity index (χ1) is 19.4. The average molecular weight is 572 g/mol. The summed E-state index contributed by atoms with van der Waals surface area (Å²) in [6.45, 7) is 0.